The van der Waals surface area contributed by atoms with Crippen LogP contribution in [0.4, 0.5) is 5.69 Å². The summed E-state index contributed by atoms with van der Waals surface area (Å²) in [6.45, 7) is 8.82. The molecule has 0 spiro atoms. The van der Waals surface area contributed by atoms with Crippen molar-refractivity contribution in [3.05, 3.63) is 70.1 Å². The van der Waals surface area contributed by atoms with Crippen molar-refractivity contribution in [3.8, 4) is 16.9 Å². The number of aromatic amines is 1. The Hall–Kier alpha value is -3.18. The number of hydrogen-bond donors (Lipinski definition) is 1. The second kappa shape index (κ2) is 6.61. The number of aryl methyl sites for hydroxylation is 1. The van der Waals surface area contributed by atoms with Crippen molar-refractivity contribution >= 4 is 15.4 Å². The first kappa shape index (κ1) is 17.6. The summed E-state index contributed by atoms with van der Waals surface area (Å²) >= 11 is 0. The Morgan fingerprint density at radius 1 is 1.23 bits per heavy atom. The molecule has 0 bridgehead atoms. The molecule has 0 aliphatic carbocycles. The predicted molar refractivity (Wildman–Crippen MR) is 101 cm³/mol. The van der Waals surface area contributed by atoms with Gasteiger partial charge in [-0.15, -0.1) is 0 Å². The first-order valence-corrected chi connectivity index (χ1v) is 9.66. The van der Waals surface area contributed by atoms with Crippen molar-refractivity contribution in [2.45, 2.75) is 11.8 Å². The van der Waals surface area contributed by atoms with Crippen LogP contribution in [0.25, 0.3) is 21.8 Å². The summed E-state index contributed by atoms with van der Waals surface area (Å²) in [4.78, 5) is 21.0. The fourth-order valence-corrected chi connectivity index (χ4v) is 3.36. The number of nitrogens with one attached hydrogen (secondary N) is 1. The highest BCUT2D eigenvalue weighted by atomic mass is 32.2. The second-order valence-corrected chi connectivity index (χ2v) is 8.19. The van der Waals surface area contributed by atoms with Crippen LogP contribution in [-0.4, -0.2) is 32.3 Å². The van der Waals surface area contributed by atoms with Crippen LogP contribution in [0.3, 0.4) is 0 Å². The highest BCUT2D eigenvalue weighted by Crippen LogP contribution is 2.23. The van der Waals surface area contributed by atoms with Gasteiger partial charge in [0.05, 0.1) is 26.8 Å². The van der Waals surface area contributed by atoms with Crippen molar-refractivity contribution in [1.29, 1.82) is 0 Å². The largest absolute Gasteiger partial charge is 0.293 e. The molecule has 0 unspecified atom stereocenters. The van der Waals surface area contributed by atoms with Crippen LogP contribution < -0.4 is 5.56 Å². The Balaban J connectivity index is 2.07. The zero-order valence-corrected chi connectivity index (χ0v) is 15.4. The van der Waals surface area contributed by atoms with E-state index in [0.29, 0.717) is 27.7 Å². The molecule has 0 aliphatic rings. The maximum Gasteiger partial charge on any atom is 0.280 e. The lowest BCUT2D eigenvalue weighted by Gasteiger charge is -2.04. The first-order chi connectivity index (χ1) is 12.4. The fraction of sp³-hybridized carbons (Fsp3) is 0.167. The molecule has 7 nitrogen and oxygen atoms in total. The van der Waals surface area contributed by atoms with Gasteiger partial charge in [0, 0.05) is 25.2 Å². The van der Waals surface area contributed by atoms with Crippen molar-refractivity contribution in [1.82, 2.24) is 14.8 Å². The van der Waals surface area contributed by atoms with E-state index in [1.807, 2.05) is 0 Å². The van der Waals surface area contributed by atoms with Crippen LogP contribution in [0.1, 0.15) is 5.69 Å². The average molecular weight is 367 g/mol. The van der Waals surface area contributed by atoms with E-state index in [-0.39, 0.29) is 5.56 Å². The van der Waals surface area contributed by atoms with Gasteiger partial charge in [0.1, 0.15) is 0 Å². The van der Waals surface area contributed by atoms with Crippen LogP contribution in [0.5, 0.6) is 0 Å². The number of benzene rings is 1. The molecule has 0 saturated heterocycles. The van der Waals surface area contributed by atoms with E-state index < -0.39 is 9.73 Å². The van der Waals surface area contributed by atoms with Crippen LogP contribution in [0.15, 0.2) is 56.6 Å². The zero-order chi connectivity index (χ0) is 18.9. The van der Waals surface area contributed by atoms with Crippen molar-refractivity contribution in [3.63, 3.8) is 0 Å². The summed E-state index contributed by atoms with van der Waals surface area (Å²) < 4.78 is 17.5. The van der Waals surface area contributed by atoms with Gasteiger partial charge in [-0.3, -0.25) is 9.89 Å². The van der Waals surface area contributed by atoms with E-state index >= 15 is 0 Å². The van der Waals surface area contributed by atoms with E-state index in [1.165, 1.54) is 17.9 Å². The monoisotopic (exact) mass is 367 g/mol. The van der Waals surface area contributed by atoms with Gasteiger partial charge in [-0.05, 0) is 24.6 Å². The van der Waals surface area contributed by atoms with E-state index in [4.69, 9.17) is 6.57 Å². The maximum atomic E-state index is 12.8. The number of hydrogen-bond acceptors (Lipinski definition) is 4. The summed E-state index contributed by atoms with van der Waals surface area (Å²) in [6, 6.07) is 10.1. The minimum Gasteiger partial charge on any atom is -0.293 e. The molecule has 132 valence electrons. The predicted octanol–water partition coefficient (Wildman–Crippen LogP) is 3.17. The van der Waals surface area contributed by atoms with Gasteiger partial charge >= 0.3 is 0 Å². The Labute approximate surface area is 151 Å². The molecule has 8 heteroatoms. The lowest BCUT2D eigenvalue weighted by molar-refractivity contribution is 0.679. The summed E-state index contributed by atoms with van der Waals surface area (Å²) in [7, 11) is -0.969. The van der Waals surface area contributed by atoms with Crippen molar-refractivity contribution < 1.29 is 4.21 Å². The second-order valence-electron chi connectivity index (χ2n) is 5.75. The smallest absolute Gasteiger partial charge is 0.280 e. The molecular weight excluding hydrogens is 350 g/mol. The normalized spacial score (nSPS) is 13.0. The zero-order valence-electron chi connectivity index (χ0n) is 14.6. The molecule has 0 fully saturated rings. The Morgan fingerprint density at radius 2 is 1.92 bits per heavy atom. The molecule has 0 aliphatic heterocycles. The fourth-order valence-electron chi connectivity index (χ4n) is 2.58. The van der Waals surface area contributed by atoms with Gasteiger partial charge in [-0.1, -0.05) is 24.3 Å². The summed E-state index contributed by atoms with van der Waals surface area (Å²) in [5.41, 5.74) is 2.22. The molecule has 3 aromatic rings. The number of pyridine rings is 1. The number of rotatable bonds is 3. The molecule has 1 N–H and O–H groups in total. The third-order valence-electron chi connectivity index (χ3n) is 4.09. The van der Waals surface area contributed by atoms with Gasteiger partial charge < -0.3 is 0 Å². The molecule has 0 amide bonds. The average Bonchev–Trinajstić information content (AvgIpc) is 2.96. The lowest BCUT2D eigenvalue weighted by atomic mass is 10.1. The van der Waals surface area contributed by atoms with Gasteiger partial charge in [-0.25, -0.2) is 23.1 Å². The van der Waals surface area contributed by atoms with Crippen molar-refractivity contribution in [2.24, 2.45) is 4.36 Å². The van der Waals surface area contributed by atoms with E-state index in [1.54, 1.807) is 49.6 Å². The molecule has 0 saturated carbocycles. The SMILES string of the molecule is [C-]#[N+]c1ccc(-c2c(C)[nH]n(-c3ccc([S@@](C)(=O)=NC)cn3)c2=O)cc1. The molecule has 2 aromatic heterocycles. The van der Waals surface area contributed by atoms with E-state index in [0.717, 1.165) is 5.56 Å². The molecule has 1 atom stereocenters. The third kappa shape index (κ3) is 3.05. The van der Waals surface area contributed by atoms with Gasteiger partial charge in [0.15, 0.2) is 11.5 Å². The minimum absolute atomic E-state index is 0.240. The Morgan fingerprint density at radius 3 is 2.46 bits per heavy atom. The van der Waals surface area contributed by atoms with Gasteiger partial charge in [-0.2, -0.15) is 0 Å². The van der Waals surface area contributed by atoms with Gasteiger partial charge in [0.25, 0.3) is 5.56 Å². The lowest BCUT2D eigenvalue weighted by Crippen LogP contribution is -2.17. The standard InChI is InChI=1S/C18H17N5O2S/c1-12-17(13-5-7-14(19-2)8-6-13)18(24)23(22-12)16-10-9-15(11-21-16)26(4,25)20-3/h5-11,22H,1,3-4H3/t26-/m1/s1. The molecule has 3 rings (SSSR count). The molecule has 2 heterocycles. The van der Waals surface area contributed by atoms with E-state index in [9.17, 15) is 9.00 Å². The van der Waals surface area contributed by atoms with E-state index in [2.05, 4.69) is 19.3 Å². The molecule has 26 heavy (non-hydrogen) atoms. The quantitative estimate of drug-likeness (QED) is 0.722. The minimum atomic E-state index is -2.47. The van der Waals surface area contributed by atoms with Gasteiger partial charge in [0.2, 0.25) is 0 Å². The Kier molecular flexibility index (Phi) is 4.49. The summed E-state index contributed by atoms with van der Waals surface area (Å²) in [5.74, 6) is 0.400. The van der Waals surface area contributed by atoms with Crippen molar-refractivity contribution in [2.75, 3.05) is 13.3 Å². The molecular formula is C18H17N5O2S. The number of H-pyrrole nitrogens is 1. The van der Waals surface area contributed by atoms with Crippen LogP contribution in [0.2, 0.25) is 0 Å². The Bertz CT molecular complexity index is 1170. The topological polar surface area (TPSA) is 84.5 Å². The summed E-state index contributed by atoms with van der Waals surface area (Å²) in [6.07, 6.45) is 3.01. The highest BCUT2D eigenvalue weighted by molar-refractivity contribution is 7.93. The number of aromatic nitrogens is 3. The van der Waals surface area contributed by atoms with Crippen LogP contribution in [-0.2, 0) is 9.73 Å². The first-order valence-electron chi connectivity index (χ1n) is 7.73. The molecule has 1 aromatic carbocycles. The maximum absolute atomic E-state index is 12.8. The van der Waals surface area contributed by atoms with Crippen LogP contribution >= 0.6 is 0 Å². The highest BCUT2D eigenvalue weighted by Gasteiger charge is 2.15. The summed E-state index contributed by atoms with van der Waals surface area (Å²) in [5, 5.41) is 3.01. The van der Waals surface area contributed by atoms with Crippen LogP contribution in [0, 0.1) is 13.5 Å². The molecule has 0 radical (unpaired) electrons. The third-order valence-corrected chi connectivity index (χ3v) is 5.91. The number of nitrogens with zero attached hydrogens (tertiary/aromatic N) is 4.